The van der Waals surface area contributed by atoms with E-state index in [2.05, 4.69) is 15.3 Å². The third-order valence-corrected chi connectivity index (χ3v) is 4.06. The van der Waals surface area contributed by atoms with Crippen molar-refractivity contribution < 1.29 is 13.9 Å². The van der Waals surface area contributed by atoms with Crippen LogP contribution in [0.25, 0.3) is 10.9 Å². The maximum Gasteiger partial charge on any atom is 0.193 e. The molecule has 0 spiro atoms. The Morgan fingerprint density at radius 1 is 1.19 bits per heavy atom. The van der Waals surface area contributed by atoms with E-state index in [1.54, 1.807) is 38.5 Å². The van der Waals surface area contributed by atoms with Crippen molar-refractivity contribution in [2.24, 2.45) is 10.7 Å². The molecule has 2 aromatic carbocycles. The highest BCUT2D eigenvalue weighted by Crippen LogP contribution is 2.28. The van der Waals surface area contributed by atoms with E-state index in [1.807, 2.05) is 6.20 Å². The molecule has 7 heteroatoms. The summed E-state index contributed by atoms with van der Waals surface area (Å²) in [5.74, 6) is 1.33. The van der Waals surface area contributed by atoms with Gasteiger partial charge < -0.3 is 25.5 Å². The largest absolute Gasteiger partial charge is 0.497 e. The van der Waals surface area contributed by atoms with Gasteiger partial charge in [-0.05, 0) is 42.3 Å². The molecule has 0 unspecified atom stereocenters. The summed E-state index contributed by atoms with van der Waals surface area (Å²) in [4.78, 5) is 7.46. The Balaban J connectivity index is 1.68. The zero-order chi connectivity index (χ0) is 18.5. The molecule has 0 atom stereocenters. The summed E-state index contributed by atoms with van der Waals surface area (Å²) >= 11 is 0. The Kier molecular flexibility index (Phi) is 5.26. The molecular formula is C19H21FN4O2. The number of nitrogens with two attached hydrogens (primary N) is 1. The van der Waals surface area contributed by atoms with Crippen molar-refractivity contribution in [3.8, 4) is 11.5 Å². The Morgan fingerprint density at radius 2 is 2.04 bits per heavy atom. The molecule has 136 valence electrons. The average Bonchev–Trinajstić information content (AvgIpc) is 3.03. The number of hydrogen-bond donors (Lipinski definition) is 3. The number of anilines is 1. The highest BCUT2D eigenvalue weighted by molar-refractivity contribution is 5.94. The van der Waals surface area contributed by atoms with Crippen LogP contribution in [0.1, 0.15) is 5.56 Å². The van der Waals surface area contributed by atoms with Crippen molar-refractivity contribution in [1.29, 1.82) is 0 Å². The molecule has 0 aliphatic carbocycles. The van der Waals surface area contributed by atoms with E-state index in [4.69, 9.17) is 15.2 Å². The van der Waals surface area contributed by atoms with Gasteiger partial charge in [-0.25, -0.2) is 4.39 Å². The number of methoxy groups -OCH3 is 2. The van der Waals surface area contributed by atoms with Crippen LogP contribution in [0.15, 0.2) is 47.6 Å². The minimum atomic E-state index is -0.256. The van der Waals surface area contributed by atoms with Crippen LogP contribution in [-0.4, -0.2) is 31.7 Å². The molecule has 0 bridgehead atoms. The van der Waals surface area contributed by atoms with E-state index in [-0.39, 0.29) is 11.8 Å². The lowest BCUT2D eigenvalue weighted by molar-refractivity contribution is 0.405. The number of rotatable bonds is 6. The molecule has 4 N–H and O–H groups in total. The van der Waals surface area contributed by atoms with Gasteiger partial charge in [0.05, 0.1) is 19.9 Å². The summed E-state index contributed by atoms with van der Waals surface area (Å²) in [6.45, 7) is 0.467. The lowest BCUT2D eigenvalue weighted by Crippen LogP contribution is -2.23. The predicted molar refractivity (Wildman–Crippen MR) is 102 cm³/mol. The molecule has 3 rings (SSSR count). The molecule has 26 heavy (non-hydrogen) atoms. The highest BCUT2D eigenvalue weighted by Gasteiger charge is 2.07. The van der Waals surface area contributed by atoms with Gasteiger partial charge in [0.15, 0.2) is 5.96 Å². The van der Waals surface area contributed by atoms with Crippen LogP contribution in [0.3, 0.4) is 0 Å². The zero-order valence-corrected chi connectivity index (χ0v) is 14.7. The number of nitrogens with zero attached hydrogens (tertiary/aromatic N) is 1. The van der Waals surface area contributed by atoms with Crippen LogP contribution in [0.5, 0.6) is 11.5 Å². The Hall–Kier alpha value is -3.22. The van der Waals surface area contributed by atoms with Gasteiger partial charge in [-0.15, -0.1) is 0 Å². The molecule has 0 fully saturated rings. The van der Waals surface area contributed by atoms with Gasteiger partial charge in [0.2, 0.25) is 0 Å². The standard InChI is InChI=1S/C19H21FN4O2/c1-25-14-4-6-18(26-2)17(10-14)24-19(21)22-8-7-12-11-23-16-5-3-13(20)9-15(12)16/h3-6,9-11,23H,7-8H2,1-2H3,(H3,21,22,24). The molecule has 0 aliphatic rings. The molecule has 1 aromatic heterocycles. The molecule has 6 nitrogen and oxygen atoms in total. The van der Waals surface area contributed by atoms with Gasteiger partial charge in [-0.1, -0.05) is 0 Å². The second kappa shape index (κ2) is 7.77. The van der Waals surface area contributed by atoms with Crippen molar-refractivity contribution in [2.45, 2.75) is 6.42 Å². The first kappa shape index (κ1) is 17.6. The number of benzene rings is 2. The second-order valence-electron chi connectivity index (χ2n) is 5.71. The second-order valence-corrected chi connectivity index (χ2v) is 5.71. The summed E-state index contributed by atoms with van der Waals surface area (Å²) in [5.41, 5.74) is 8.54. The van der Waals surface area contributed by atoms with Gasteiger partial charge in [-0.3, -0.25) is 4.99 Å². The fourth-order valence-corrected chi connectivity index (χ4v) is 2.74. The van der Waals surface area contributed by atoms with Crippen LogP contribution in [-0.2, 0) is 6.42 Å². The lowest BCUT2D eigenvalue weighted by atomic mass is 10.1. The molecule has 3 aromatic rings. The maximum atomic E-state index is 13.4. The van der Waals surface area contributed by atoms with Crippen LogP contribution in [0, 0.1) is 5.82 Å². The average molecular weight is 356 g/mol. The van der Waals surface area contributed by atoms with Crippen LogP contribution in [0.2, 0.25) is 0 Å². The van der Waals surface area contributed by atoms with Gasteiger partial charge >= 0.3 is 0 Å². The van der Waals surface area contributed by atoms with E-state index in [9.17, 15) is 4.39 Å². The number of aromatic amines is 1. The number of H-pyrrole nitrogens is 1. The molecule has 0 aliphatic heterocycles. The normalized spacial score (nSPS) is 11.6. The Morgan fingerprint density at radius 3 is 2.81 bits per heavy atom. The number of ether oxygens (including phenoxy) is 2. The molecule has 1 heterocycles. The first-order valence-electron chi connectivity index (χ1n) is 8.15. The molecule has 0 saturated heterocycles. The van der Waals surface area contributed by atoms with Gasteiger partial charge in [0, 0.05) is 29.7 Å². The van der Waals surface area contributed by atoms with E-state index in [0.717, 1.165) is 16.5 Å². The van der Waals surface area contributed by atoms with Crippen molar-refractivity contribution in [3.63, 3.8) is 0 Å². The summed E-state index contributed by atoms with van der Waals surface area (Å²) in [5, 5.41) is 3.88. The van der Waals surface area contributed by atoms with Gasteiger partial charge in [0.1, 0.15) is 17.3 Å². The molecule has 0 saturated carbocycles. The number of nitrogens with one attached hydrogen (secondary N) is 2. The van der Waals surface area contributed by atoms with Gasteiger partial charge in [-0.2, -0.15) is 0 Å². The Bertz CT molecular complexity index is 936. The number of fused-ring (bicyclic) bond motifs is 1. The third kappa shape index (κ3) is 3.88. The number of aromatic nitrogens is 1. The maximum absolute atomic E-state index is 13.4. The summed E-state index contributed by atoms with van der Waals surface area (Å²) in [6.07, 6.45) is 2.51. The quantitative estimate of drug-likeness (QED) is 0.467. The number of halogens is 1. The van der Waals surface area contributed by atoms with E-state index in [1.165, 1.54) is 12.1 Å². The number of guanidine groups is 1. The zero-order valence-electron chi connectivity index (χ0n) is 14.7. The van der Waals surface area contributed by atoms with Crippen molar-refractivity contribution >= 4 is 22.5 Å². The number of aliphatic imine (C=N–C) groups is 1. The third-order valence-electron chi connectivity index (χ3n) is 4.06. The predicted octanol–water partition coefficient (Wildman–Crippen LogP) is 3.29. The van der Waals surface area contributed by atoms with Crippen LogP contribution < -0.4 is 20.5 Å². The summed E-state index contributed by atoms with van der Waals surface area (Å²) in [6, 6.07) is 10.0. The minimum Gasteiger partial charge on any atom is -0.497 e. The lowest BCUT2D eigenvalue weighted by Gasteiger charge is -2.12. The highest BCUT2D eigenvalue weighted by atomic mass is 19.1. The van der Waals surface area contributed by atoms with Crippen molar-refractivity contribution in [3.05, 3.63) is 54.0 Å². The van der Waals surface area contributed by atoms with E-state index < -0.39 is 0 Å². The van der Waals surface area contributed by atoms with E-state index in [0.29, 0.717) is 30.2 Å². The first-order valence-corrected chi connectivity index (χ1v) is 8.15. The monoisotopic (exact) mass is 356 g/mol. The first-order chi connectivity index (χ1) is 12.6. The fourth-order valence-electron chi connectivity index (χ4n) is 2.74. The summed E-state index contributed by atoms with van der Waals surface area (Å²) < 4.78 is 23.9. The van der Waals surface area contributed by atoms with Crippen molar-refractivity contribution in [2.75, 3.05) is 26.1 Å². The minimum absolute atomic E-state index is 0.256. The Labute approximate surface area is 150 Å². The number of hydrogen-bond acceptors (Lipinski definition) is 3. The fraction of sp³-hybridized carbons (Fsp3) is 0.211. The SMILES string of the molecule is COc1ccc(OC)c(NC(N)=NCCc2c[nH]c3ccc(F)cc23)c1. The van der Waals surface area contributed by atoms with Crippen molar-refractivity contribution in [1.82, 2.24) is 4.98 Å². The topological polar surface area (TPSA) is 84.7 Å². The smallest absolute Gasteiger partial charge is 0.193 e. The molecule has 0 amide bonds. The van der Waals surface area contributed by atoms with Crippen LogP contribution >= 0.6 is 0 Å². The van der Waals surface area contributed by atoms with Crippen LogP contribution in [0.4, 0.5) is 10.1 Å². The summed E-state index contributed by atoms with van der Waals surface area (Å²) in [7, 11) is 3.17. The molecular weight excluding hydrogens is 335 g/mol. The van der Waals surface area contributed by atoms with Gasteiger partial charge in [0.25, 0.3) is 0 Å². The molecule has 0 radical (unpaired) electrons. The van der Waals surface area contributed by atoms with E-state index >= 15 is 0 Å².